The van der Waals surface area contributed by atoms with E-state index in [1.54, 1.807) is 0 Å². The Balaban J connectivity index is 1.93. The number of aliphatic hydroxyl groups is 1. The van der Waals surface area contributed by atoms with Gasteiger partial charge in [-0.3, -0.25) is 4.79 Å². The van der Waals surface area contributed by atoms with E-state index >= 15 is 0 Å². The van der Waals surface area contributed by atoms with Gasteiger partial charge >= 0.3 is 0 Å². The van der Waals surface area contributed by atoms with Gasteiger partial charge in [0, 0.05) is 30.9 Å². The average Bonchev–Trinajstić information content (AvgIpc) is 2.48. The molecule has 0 aliphatic heterocycles. The molecule has 1 fully saturated rings. The van der Waals surface area contributed by atoms with Crippen LogP contribution in [0.1, 0.15) is 42.5 Å². The summed E-state index contributed by atoms with van der Waals surface area (Å²) >= 11 is 0. The van der Waals surface area contributed by atoms with Crippen molar-refractivity contribution in [1.29, 1.82) is 0 Å². The number of hydrogen-bond donors (Lipinski definition) is 2. The molecule has 0 unspecified atom stereocenters. The third-order valence-electron chi connectivity index (χ3n) is 3.95. The maximum atomic E-state index is 12.2. The molecule has 1 aromatic carbocycles. The number of likely N-dealkylation sites (N-methyl/N-ethyl adjacent to an activating group) is 1. The second kappa shape index (κ2) is 7.29. The largest absolute Gasteiger partial charge is 0.395 e. The standard InChI is InChI=1S/C16H24N2O2/c1-18(11-12-19)15-9-7-13(8-10-15)16(20)17-14-5-3-2-4-6-14/h7-10,14,19H,2-6,11-12H2,1H3,(H,17,20). The second-order valence-electron chi connectivity index (χ2n) is 5.50. The van der Waals surface area contributed by atoms with Gasteiger partial charge in [-0.05, 0) is 37.1 Å². The number of anilines is 1. The van der Waals surface area contributed by atoms with E-state index in [0.717, 1.165) is 18.5 Å². The molecule has 0 heterocycles. The van der Waals surface area contributed by atoms with Gasteiger partial charge in [0.1, 0.15) is 0 Å². The van der Waals surface area contributed by atoms with E-state index in [4.69, 9.17) is 5.11 Å². The lowest BCUT2D eigenvalue weighted by molar-refractivity contribution is 0.0927. The third kappa shape index (κ3) is 3.97. The van der Waals surface area contributed by atoms with Gasteiger partial charge in [0.2, 0.25) is 0 Å². The lowest BCUT2D eigenvalue weighted by Crippen LogP contribution is -2.36. The van der Waals surface area contributed by atoms with Crippen LogP contribution in [0.2, 0.25) is 0 Å². The molecular weight excluding hydrogens is 252 g/mol. The summed E-state index contributed by atoms with van der Waals surface area (Å²) in [5.74, 6) is 0.0215. The molecule has 110 valence electrons. The Bertz CT molecular complexity index is 425. The van der Waals surface area contributed by atoms with Crippen LogP contribution in [0.3, 0.4) is 0 Å². The van der Waals surface area contributed by atoms with Crippen molar-refractivity contribution < 1.29 is 9.90 Å². The highest BCUT2D eigenvalue weighted by Crippen LogP contribution is 2.18. The summed E-state index contributed by atoms with van der Waals surface area (Å²) in [6.45, 7) is 0.716. The molecule has 4 heteroatoms. The van der Waals surface area contributed by atoms with Crippen LogP contribution in [0, 0.1) is 0 Å². The van der Waals surface area contributed by atoms with Gasteiger partial charge in [0.05, 0.1) is 6.61 Å². The zero-order valence-corrected chi connectivity index (χ0v) is 12.1. The number of rotatable bonds is 5. The molecule has 1 saturated carbocycles. The number of carbonyl (C=O) groups excluding carboxylic acids is 1. The second-order valence-corrected chi connectivity index (χ2v) is 5.50. The van der Waals surface area contributed by atoms with Crippen LogP contribution in [-0.4, -0.2) is 37.3 Å². The van der Waals surface area contributed by atoms with Gasteiger partial charge < -0.3 is 15.3 Å². The quantitative estimate of drug-likeness (QED) is 0.866. The lowest BCUT2D eigenvalue weighted by Gasteiger charge is -2.23. The molecule has 0 bridgehead atoms. The molecule has 1 aromatic rings. The fraction of sp³-hybridized carbons (Fsp3) is 0.562. The first-order chi connectivity index (χ1) is 9.70. The maximum Gasteiger partial charge on any atom is 0.251 e. The van der Waals surface area contributed by atoms with Crippen molar-refractivity contribution in [3.8, 4) is 0 Å². The van der Waals surface area contributed by atoms with E-state index in [0.29, 0.717) is 18.2 Å². The average molecular weight is 276 g/mol. The molecule has 1 aliphatic carbocycles. The highest BCUT2D eigenvalue weighted by molar-refractivity contribution is 5.94. The predicted molar refractivity (Wildman–Crippen MR) is 81.1 cm³/mol. The van der Waals surface area contributed by atoms with E-state index in [-0.39, 0.29) is 12.5 Å². The molecule has 0 atom stereocenters. The van der Waals surface area contributed by atoms with Crippen molar-refractivity contribution in [2.75, 3.05) is 25.1 Å². The van der Waals surface area contributed by atoms with Gasteiger partial charge in [-0.15, -0.1) is 0 Å². The summed E-state index contributed by atoms with van der Waals surface area (Å²) in [6, 6.07) is 7.88. The Hall–Kier alpha value is -1.55. The van der Waals surface area contributed by atoms with Crippen LogP contribution >= 0.6 is 0 Å². The van der Waals surface area contributed by atoms with Crippen molar-refractivity contribution in [2.24, 2.45) is 0 Å². The zero-order valence-electron chi connectivity index (χ0n) is 12.1. The third-order valence-corrected chi connectivity index (χ3v) is 3.95. The van der Waals surface area contributed by atoms with Gasteiger partial charge in [-0.1, -0.05) is 19.3 Å². The first-order valence-electron chi connectivity index (χ1n) is 7.43. The highest BCUT2D eigenvalue weighted by Gasteiger charge is 2.16. The topological polar surface area (TPSA) is 52.6 Å². The number of nitrogens with zero attached hydrogens (tertiary/aromatic N) is 1. The first kappa shape index (κ1) is 14.9. The molecule has 0 spiro atoms. The predicted octanol–water partition coefficient (Wildman–Crippen LogP) is 2.18. The number of carbonyl (C=O) groups is 1. The van der Waals surface area contributed by atoms with Gasteiger partial charge in [0.25, 0.3) is 5.91 Å². The Labute approximate surface area is 120 Å². The minimum atomic E-state index is 0.0215. The van der Waals surface area contributed by atoms with E-state index in [1.165, 1.54) is 19.3 Å². The Morgan fingerprint density at radius 2 is 1.90 bits per heavy atom. The van der Waals surface area contributed by atoms with Crippen molar-refractivity contribution in [2.45, 2.75) is 38.1 Å². The summed E-state index contributed by atoms with van der Waals surface area (Å²) in [5.41, 5.74) is 1.71. The van der Waals surface area contributed by atoms with E-state index in [9.17, 15) is 4.79 Å². The number of amides is 1. The van der Waals surface area contributed by atoms with Crippen molar-refractivity contribution in [1.82, 2.24) is 5.32 Å². The number of benzene rings is 1. The van der Waals surface area contributed by atoms with Crippen molar-refractivity contribution >= 4 is 11.6 Å². The van der Waals surface area contributed by atoms with E-state index < -0.39 is 0 Å². The minimum Gasteiger partial charge on any atom is -0.395 e. The Kier molecular flexibility index (Phi) is 5.41. The van der Waals surface area contributed by atoms with Crippen LogP contribution in [0.25, 0.3) is 0 Å². The molecule has 20 heavy (non-hydrogen) atoms. The summed E-state index contributed by atoms with van der Waals surface area (Å²) in [7, 11) is 1.92. The molecule has 2 rings (SSSR count). The number of hydrogen-bond acceptors (Lipinski definition) is 3. The van der Waals surface area contributed by atoms with E-state index in [1.807, 2.05) is 36.2 Å². The van der Waals surface area contributed by atoms with Crippen LogP contribution in [-0.2, 0) is 0 Å². The molecule has 0 radical (unpaired) electrons. The van der Waals surface area contributed by atoms with Crippen LogP contribution in [0.15, 0.2) is 24.3 Å². The SMILES string of the molecule is CN(CCO)c1ccc(C(=O)NC2CCCCC2)cc1. The molecule has 2 N–H and O–H groups in total. The maximum absolute atomic E-state index is 12.2. The van der Waals surface area contributed by atoms with E-state index in [2.05, 4.69) is 5.32 Å². The lowest BCUT2D eigenvalue weighted by atomic mass is 9.95. The normalized spacial score (nSPS) is 15.9. The summed E-state index contributed by atoms with van der Waals surface area (Å²) in [6.07, 6.45) is 5.93. The Morgan fingerprint density at radius 1 is 1.25 bits per heavy atom. The van der Waals surface area contributed by atoms with Crippen LogP contribution in [0.5, 0.6) is 0 Å². The fourth-order valence-corrected chi connectivity index (χ4v) is 2.66. The van der Waals surface area contributed by atoms with Gasteiger partial charge in [0.15, 0.2) is 0 Å². The first-order valence-corrected chi connectivity index (χ1v) is 7.43. The summed E-state index contributed by atoms with van der Waals surface area (Å²) in [5, 5.41) is 12.0. The summed E-state index contributed by atoms with van der Waals surface area (Å²) < 4.78 is 0. The fourth-order valence-electron chi connectivity index (χ4n) is 2.66. The summed E-state index contributed by atoms with van der Waals surface area (Å²) in [4.78, 5) is 14.1. The smallest absolute Gasteiger partial charge is 0.251 e. The van der Waals surface area contributed by atoms with Crippen molar-refractivity contribution in [3.63, 3.8) is 0 Å². The number of nitrogens with one attached hydrogen (secondary N) is 1. The van der Waals surface area contributed by atoms with Gasteiger partial charge in [-0.2, -0.15) is 0 Å². The molecule has 0 aromatic heterocycles. The van der Waals surface area contributed by atoms with Crippen molar-refractivity contribution in [3.05, 3.63) is 29.8 Å². The highest BCUT2D eigenvalue weighted by atomic mass is 16.3. The monoisotopic (exact) mass is 276 g/mol. The van der Waals surface area contributed by atoms with Crippen LogP contribution < -0.4 is 10.2 Å². The van der Waals surface area contributed by atoms with Crippen LogP contribution in [0.4, 0.5) is 5.69 Å². The zero-order chi connectivity index (χ0) is 14.4. The molecular formula is C16H24N2O2. The number of aliphatic hydroxyl groups excluding tert-OH is 1. The Morgan fingerprint density at radius 3 is 2.50 bits per heavy atom. The molecule has 4 nitrogen and oxygen atoms in total. The molecule has 1 amide bonds. The molecule has 1 aliphatic rings. The molecule has 0 saturated heterocycles. The minimum absolute atomic E-state index is 0.0215. The van der Waals surface area contributed by atoms with Gasteiger partial charge in [-0.25, -0.2) is 0 Å².